The summed E-state index contributed by atoms with van der Waals surface area (Å²) in [5, 5.41) is 16.9. The van der Waals surface area contributed by atoms with Gasteiger partial charge in [0, 0.05) is 19.5 Å². The lowest BCUT2D eigenvalue weighted by molar-refractivity contribution is 0.000215. The summed E-state index contributed by atoms with van der Waals surface area (Å²) in [6.07, 6.45) is 5.34. The van der Waals surface area contributed by atoms with E-state index in [4.69, 9.17) is 4.74 Å². The van der Waals surface area contributed by atoms with Crippen LogP contribution in [0.4, 0.5) is 0 Å². The number of aromatic nitrogens is 3. The highest BCUT2D eigenvalue weighted by Crippen LogP contribution is 2.22. The Balaban J connectivity index is 1.77. The van der Waals surface area contributed by atoms with Gasteiger partial charge in [0.2, 0.25) is 0 Å². The number of hydrogen-bond donors (Lipinski definition) is 2. The maximum atomic E-state index is 12.3. The molecule has 1 saturated carbocycles. The van der Waals surface area contributed by atoms with E-state index in [2.05, 4.69) is 15.4 Å². The molecule has 3 rings (SSSR count). The molecule has 106 valence electrons. The Morgan fingerprint density at radius 2 is 2.40 bits per heavy atom. The Hall–Kier alpha value is -1.99. The van der Waals surface area contributed by atoms with E-state index in [-0.39, 0.29) is 18.1 Å². The lowest BCUT2D eigenvalue weighted by atomic mass is 10.2. The number of rotatable bonds is 3. The molecule has 0 aliphatic heterocycles. The predicted molar refractivity (Wildman–Crippen MR) is 70.3 cm³/mol. The molecule has 1 fully saturated rings. The summed E-state index contributed by atoms with van der Waals surface area (Å²) < 4.78 is 6.71. The number of ether oxygens (including phenoxy) is 1. The molecule has 2 N–H and O–H groups in total. The van der Waals surface area contributed by atoms with Crippen LogP contribution < -0.4 is 5.32 Å². The van der Waals surface area contributed by atoms with E-state index >= 15 is 0 Å². The molecular formula is C13H16N4O3. The molecule has 0 radical (unpaired) electrons. The van der Waals surface area contributed by atoms with Gasteiger partial charge in [-0.15, -0.1) is 0 Å². The average Bonchev–Trinajstić information content (AvgIpc) is 3.03. The maximum absolute atomic E-state index is 12.3. The normalized spacial score (nSPS) is 26.0. The van der Waals surface area contributed by atoms with Crippen LogP contribution in [0, 0.1) is 0 Å². The van der Waals surface area contributed by atoms with E-state index in [1.165, 1.54) is 10.7 Å². The summed E-state index contributed by atoms with van der Waals surface area (Å²) in [5.41, 5.74) is 0.902. The number of carbonyl (C=O) groups is 1. The Kier molecular flexibility index (Phi) is 3.37. The van der Waals surface area contributed by atoms with Gasteiger partial charge in [-0.05, 0) is 18.9 Å². The van der Waals surface area contributed by atoms with Crippen molar-refractivity contribution in [2.24, 2.45) is 0 Å². The van der Waals surface area contributed by atoms with Gasteiger partial charge in [0.25, 0.3) is 5.91 Å². The number of aliphatic hydroxyl groups is 1. The zero-order valence-electron chi connectivity index (χ0n) is 11.1. The number of hydrogen-bond acceptors (Lipinski definition) is 5. The second-order valence-electron chi connectivity index (χ2n) is 4.87. The molecule has 0 saturated heterocycles. The van der Waals surface area contributed by atoms with Crippen molar-refractivity contribution < 1.29 is 14.6 Å². The van der Waals surface area contributed by atoms with Gasteiger partial charge < -0.3 is 15.2 Å². The van der Waals surface area contributed by atoms with Crippen molar-refractivity contribution in [3.63, 3.8) is 0 Å². The highest BCUT2D eigenvalue weighted by Gasteiger charge is 2.36. The molecule has 0 bridgehead atoms. The molecule has 0 unspecified atom stereocenters. The fourth-order valence-electron chi connectivity index (χ4n) is 2.59. The van der Waals surface area contributed by atoms with Crippen LogP contribution in [0.2, 0.25) is 0 Å². The first kappa shape index (κ1) is 13.0. The quantitative estimate of drug-likeness (QED) is 0.823. The molecule has 7 heteroatoms. The number of nitrogens with zero attached hydrogens (tertiary/aromatic N) is 3. The Bertz CT molecular complexity index is 627. The zero-order chi connectivity index (χ0) is 14.1. The van der Waals surface area contributed by atoms with E-state index in [9.17, 15) is 9.90 Å². The third kappa shape index (κ3) is 2.14. The summed E-state index contributed by atoms with van der Waals surface area (Å²) in [5.74, 6) is -0.278. The number of fused-ring (bicyclic) bond motifs is 1. The molecule has 2 heterocycles. The SMILES string of the molecule is CO[C@@H]1CC[C@@H](NC(=O)c2cnn3cccnc23)[C@H]1O. The van der Waals surface area contributed by atoms with Crippen molar-refractivity contribution >= 4 is 11.6 Å². The summed E-state index contributed by atoms with van der Waals surface area (Å²) >= 11 is 0. The van der Waals surface area contributed by atoms with Gasteiger partial charge in [0.1, 0.15) is 11.7 Å². The number of nitrogens with one attached hydrogen (secondary N) is 1. The number of aliphatic hydroxyl groups excluding tert-OH is 1. The van der Waals surface area contributed by atoms with Crippen LogP contribution in [0.1, 0.15) is 23.2 Å². The Morgan fingerprint density at radius 3 is 3.15 bits per heavy atom. The fourth-order valence-corrected chi connectivity index (χ4v) is 2.59. The lowest BCUT2D eigenvalue weighted by Gasteiger charge is -2.19. The standard InChI is InChI=1S/C13H16N4O3/c1-20-10-4-3-9(11(10)18)16-13(19)8-7-15-17-6-2-5-14-12(8)17/h2,5-7,9-11,18H,3-4H2,1H3,(H,16,19)/t9-,10-,11-/m1/s1. The van der Waals surface area contributed by atoms with Crippen LogP contribution >= 0.6 is 0 Å². The Morgan fingerprint density at radius 1 is 1.55 bits per heavy atom. The van der Waals surface area contributed by atoms with Gasteiger partial charge in [-0.2, -0.15) is 5.10 Å². The molecule has 1 aliphatic carbocycles. The van der Waals surface area contributed by atoms with Crippen LogP contribution in [-0.4, -0.2) is 51.0 Å². The van der Waals surface area contributed by atoms with E-state index in [0.29, 0.717) is 17.6 Å². The fraction of sp³-hybridized carbons (Fsp3) is 0.462. The topological polar surface area (TPSA) is 88.8 Å². The highest BCUT2D eigenvalue weighted by molar-refractivity contribution is 5.99. The lowest BCUT2D eigenvalue weighted by Crippen LogP contribution is -2.43. The molecule has 20 heavy (non-hydrogen) atoms. The summed E-state index contributed by atoms with van der Waals surface area (Å²) in [6, 6.07) is 1.44. The smallest absolute Gasteiger partial charge is 0.257 e. The molecule has 1 amide bonds. The van der Waals surface area contributed by atoms with Gasteiger partial charge in [0.15, 0.2) is 5.65 Å². The van der Waals surface area contributed by atoms with Gasteiger partial charge in [-0.25, -0.2) is 9.50 Å². The van der Waals surface area contributed by atoms with Gasteiger partial charge in [-0.1, -0.05) is 0 Å². The van der Waals surface area contributed by atoms with Crippen molar-refractivity contribution in [1.29, 1.82) is 0 Å². The first-order valence-electron chi connectivity index (χ1n) is 6.51. The van der Waals surface area contributed by atoms with Crippen LogP contribution in [0.15, 0.2) is 24.7 Å². The monoisotopic (exact) mass is 276 g/mol. The van der Waals surface area contributed by atoms with Gasteiger partial charge in [0.05, 0.1) is 18.3 Å². The largest absolute Gasteiger partial charge is 0.388 e. The second-order valence-corrected chi connectivity index (χ2v) is 4.87. The molecule has 7 nitrogen and oxygen atoms in total. The molecule has 3 atom stereocenters. The van der Waals surface area contributed by atoms with Crippen LogP contribution in [-0.2, 0) is 4.74 Å². The Labute approximate surface area is 115 Å². The van der Waals surface area contributed by atoms with E-state index < -0.39 is 6.10 Å². The van der Waals surface area contributed by atoms with E-state index in [1.807, 2.05) is 0 Å². The molecule has 2 aromatic rings. The number of carbonyl (C=O) groups excluding carboxylic acids is 1. The van der Waals surface area contributed by atoms with Gasteiger partial charge in [-0.3, -0.25) is 4.79 Å². The van der Waals surface area contributed by atoms with Gasteiger partial charge >= 0.3 is 0 Å². The summed E-state index contributed by atoms with van der Waals surface area (Å²) in [6.45, 7) is 0. The average molecular weight is 276 g/mol. The number of amides is 1. The first-order valence-corrected chi connectivity index (χ1v) is 6.51. The van der Waals surface area contributed by atoms with Crippen LogP contribution in [0.5, 0.6) is 0 Å². The van der Waals surface area contributed by atoms with Crippen molar-refractivity contribution in [2.45, 2.75) is 31.1 Å². The highest BCUT2D eigenvalue weighted by atomic mass is 16.5. The van der Waals surface area contributed by atoms with E-state index in [1.54, 1.807) is 25.6 Å². The van der Waals surface area contributed by atoms with Crippen LogP contribution in [0.3, 0.4) is 0 Å². The minimum Gasteiger partial charge on any atom is -0.388 e. The van der Waals surface area contributed by atoms with E-state index in [0.717, 1.165) is 6.42 Å². The third-order valence-electron chi connectivity index (χ3n) is 3.70. The summed E-state index contributed by atoms with van der Waals surface area (Å²) in [4.78, 5) is 16.4. The molecule has 2 aromatic heterocycles. The first-order chi connectivity index (χ1) is 9.70. The van der Waals surface area contributed by atoms with Crippen LogP contribution in [0.25, 0.3) is 5.65 Å². The molecule has 0 spiro atoms. The summed E-state index contributed by atoms with van der Waals surface area (Å²) in [7, 11) is 1.56. The van der Waals surface area contributed by atoms with Crippen molar-refractivity contribution in [2.75, 3.05) is 7.11 Å². The molecule has 0 aromatic carbocycles. The molecule has 1 aliphatic rings. The molecular weight excluding hydrogens is 260 g/mol. The minimum atomic E-state index is -0.682. The third-order valence-corrected chi connectivity index (χ3v) is 3.70. The zero-order valence-corrected chi connectivity index (χ0v) is 11.1. The van der Waals surface area contributed by atoms with Crippen molar-refractivity contribution in [3.8, 4) is 0 Å². The number of methoxy groups -OCH3 is 1. The predicted octanol–water partition coefficient (Wildman–Crippen LogP) is -0.00260. The van der Waals surface area contributed by atoms with Crippen molar-refractivity contribution in [1.82, 2.24) is 19.9 Å². The van der Waals surface area contributed by atoms with Crippen molar-refractivity contribution in [3.05, 3.63) is 30.2 Å². The maximum Gasteiger partial charge on any atom is 0.257 e. The minimum absolute atomic E-state index is 0.220. The second kappa shape index (κ2) is 5.18.